The smallest absolute Gasteiger partial charge is 0.243 e. The summed E-state index contributed by atoms with van der Waals surface area (Å²) >= 11 is 0. The number of amides is 8. The molecule has 1 heterocycles. The second-order valence-corrected chi connectivity index (χ2v) is 21.3. The molecule has 0 aliphatic carbocycles. The maximum Gasteiger partial charge on any atom is 0.243 e. The Kier molecular flexibility index (Phi) is 20.2. The van der Waals surface area contributed by atoms with Crippen molar-refractivity contribution in [3.05, 3.63) is 0 Å². The second kappa shape index (κ2) is 22.5. The Labute approximate surface area is 358 Å². The van der Waals surface area contributed by atoms with E-state index in [1.807, 2.05) is 83.1 Å². The molecule has 1 fully saturated rings. The summed E-state index contributed by atoms with van der Waals surface area (Å²) in [4.78, 5) is 110. The highest BCUT2D eigenvalue weighted by atomic mass is 16.2. The van der Waals surface area contributed by atoms with Gasteiger partial charge < -0.3 is 48.3 Å². The second-order valence-electron chi connectivity index (χ2n) is 21.3. The van der Waals surface area contributed by atoms with Crippen LogP contribution in [0.4, 0.5) is 0 Å². The normalized spacial score (nSPS) is 27.2. The molecule has 17 nitrogen and oxygen atoms in total. The first-order valence-corrected chi connectivity index (χ1v) is 21.3. The van der Waals surface area contributed by atoms with Crippen molar-refractivity contribution in [2.75, 3.05) is 6.54 Å². The summed E-state index contributed by atoms with van der Waals surface area (Å²) in [6.45, 7) is 27.3. The molecule has 0 spiro atoms. The lowest BCUT2D eigenvalue weighted by Gasteiger charge is -2.32. The van der Waals surface area contributed by atoms with Gasteiger partial charge in [-0.1, -0.05) is 83.1 Å². The summed E-state index contributed by atoms with van der Waals surface area (Å²) in [5.74, 6) is -5.24. The highest BCUT2D eigenvalue weighted by Crippen LogP contribution is 2.24. The van der Waals surface area contributed by atoms with Crippen LogP contribution in [0.5, 0.6) is 0 Å². The van der Waals surface area contributed by atoms with Crippen molar-refractivity contribution < 1.29 is 38.4 Å². The number of carbonyl (C=O) groups excluding carboxylic acids is 8. The van der Waals surface area contributed by atoms with Crippen molar-refractivity contribution in [3.8, 4) is 0 Å². The van der Waals surface area contributed by atoms with Gasteiger partial charge in [0.15, 0.2) is 0 Å². The molecule has 1 aliphatic rings. The average Bonchev–Trinajstić information content (AvgIpc) is 3.06. The van der Waals surface area contributed by atoms with Gasteiger partial charge in [-0.15, -0.1) is 0 Å². The largest absolute Gasteiger partial charge is 0.343 e. The Morgan fingerprint density at radius 2 is 0.567 bits per heavy atom. The third-order valence-electron chi connectivity index (χ3n) is 9.63. The van der Waals surface area contributed by atoms with Crippen molar-refractivity contribution in [2.45, 2.75) is 197 Å². The van der Waals surface area contributed by atoms with Gasteiger partial charge in [0.05, 0.1) is 0 Å². The molecule has 1 aliphatic heterocycles. The van der Waals surface area contributed by atoms with Gasteiger partial charge in [0.25, 0.3) is 0 Å². The fourth-order valence-electron chi connectivity index (χ4n) is 6.62. The molecule has 0 aromatic heterocycles. The zero-order valence-electron chi connectivity index (χ0n) is 39.1. The Morgan fingerprint density at radius 3 is 0.817 bits per heavy atom. The van der Waals surface area contributed by atoms with E-state index in [0.717, 1.165) is 0 Å². The standard InChI is InChI=1S/C43H79N9O8/c1-24-32(53)49-29(21-41(7,8)9)37(58)46-26(3)34(55)51-31(23-43(13,14)15)39(60)48-27(18-16-17-19-44)35(56)52-30(22-42(10,11)12)38(59)47-25(2)33(54)50-28(36(57)45-24)20-40(4,5)6/h24-31H,16-23,44H2,1-15H3,(H,45,57)(H,46,58)(H,47,59)(H,48,60)(H,49,53)(H,50,54)(H,51,55)(H,52,56)/t24-,25-,26-,27+,28+,29+,30+,31+/m1/s1. The number of nitrogens with two attached hydrogens (primary N) is 1. The summed E-state index contributed by atoms with van der Waals surface area (Å²) in [7, 11) is 0. The van der Waals surface area contributed by atoms with E-state index in [9.17, 15) is 38.4 Å². The fraction of sp³-hybridized carbons (Fsp3) is 0.814. The molecule has 0 radical (unpaired) electrons. The molecule has 0 bridgehead atoms. The maximum absolute atomic E-state index is 14.1. The van der Waals surface area contributed by atoms with Crippen LogP contribution in [0.25, 0.3) is 0 Å². The van der Waals surface area contributed by atoms with Gasteiger partial charge in [0.2, 0.25) is 47.3 Å². The van der Waals surface area contributed by atoms with E-state index >= 15 is 0 Å². The summed E-state index contributed by atoms with van der Waals surface area (Å²) in [5, 5.41) is 21.8. The summed E-state index contributed by atoms with van der Waals surface area (Å²) in [5.41, 5.74) is 3.89. The first-order valence-electron chi connectivity index (χ1n) is 21.3. The summed E-state index contributed by atoms with van der Waals surface area (Å²) in [6.07, 6.45) is 1.88. The van der Waals surface area contributed by atoms with Crippen molar-refractivity contribution in [1.82, 2.24) is 42.5 Å². The van der Waals surface area contributed by atoms with E-state index in [2.05, 4.69) is 42.5 Å². The maximum atomic E-state index is 14.1. The van der Waals surface area contributed by atoms with Crippen molar-refractivity contribution in [2.24, 2.45) is 27.4 Å². The zero-order chi connectivity index (χ0) is 46.6. The molecule has 0 saturated carbocycles. The quantitative estimate of drug-likeness (QED) is 0.161. The first-order chi connectivity index (χ1) is 27.2. The minimum Gasteiger partial charge on any atom is -0.343 e. The van der Waals surface area contributed by atoms with Gasteiger partial charge in [-0.05, 0) is 93.9 Å². The van der Waals surface area contributed by atoms with Crippen LogP contribution in [0.15, 0.2) is 0 Å². The van der Waals surface area contributed by atoms with E-state index in [0.29, 0.717) is 19.4 Å². The lowest BCUT2D eigenvalue weighted by Crippen LogP contribution is -2.61. The highest BCUT2D eigenvalue weighted by molar-refractivity contribution is 5.98. The minimum atomic E-state index is -1.15. The molecule has 8 amide bonds. The average molecular weight is 850 g/mol. The predicted molar refractivity (Wildman–Crippen MR) is 232 cm³/mol. The van der Waals surface area contributed by atoms with Gasteiger partial charge in [0, 0.05) is 0 Å². The molecule has 1 saturated heterocycles. The van der Waals surface area contributed by atoms with Crippen LogP contribution in [0.3, 0.4) is 0 Å². The Bertz CT molecular complexity index is 1500. The summed E-state index contributed by atoms with van der Waals surface area (Å²) in [6, 6.07) is -9.06. The van der Waals surface area contributed by atoms with Crippen LogP contribution in [-0.2, 0) is 38.4 Å². The van der Waals surface area contributed by atoms with E-state index in [1.54, 1.807) is 0 Å². The van der Waals surface area contributed by atoms with Gasteiger partial charge in [-0.2, -0.15) is 0 Å². The molecular weight excluding hydrogens is 771 g/mol. The zero-order valence-corrected chi connectivity index (χ0v) is 39.1. The predicted octanol–water partition coefficient (Wildman–Crippen LogP) is 1.81. The molecule has 0 unspecified atom stereocenters. The third kappa shape index (κ3) is 20.8. The van der Waals surface area contributed by atoms with Crippen LogP contribution in [0.2, 0.25) is 0 Å². The molecule has 8 atom stereocenters. The van der Waals surface area contributed by atoms with Crippen LogP contribution < -0.4 is 48.3 Å². The number of rotatable bonds is 8. The molecule has 1 rings (SSSR count). The molecular formula is C43H79N9O8. The number of hydrogen-bond acceptors (Lipinski definition) is 9. The number of unbranched alkanes of at least 4 members (excludes halogenated alkanes) is 1. The molecule has 10 N–H and O–H groups in total. The van der Waals surface area contributed by atoms with E-state index in [4.69, 9.17) is 5.73 Å². The van der Waals surface area contributed by atoms with Crippen LogP contribution in [-0.4, -0.2) is 102 Å². The monoisotopic (exact) mass is 850 g/mol. The van der Waals surface area contributed by atoms with Crippen molar-refractivity contribution in [3.63, 3.8) is 0 Å². The Hall–Kier alpha value is -4.28. The van der Waals surface area contributed by atoms with Gasteiger partial charge in [-0.25, -0.2) is 0 Å². The van der Waals surface area contributed by atoms with Crippen LogP contribution in [0.1, 0.15) is 149 Å². The Morgan fingerprint density at radius 1 is 0.350 bits per heavy atom. The molecule has 344 valence electrons. The number of carbonyl (C=O) groups is 8. The third-order valence-corrected chi connectivity index (χ3v) is 9.63. The van der Waals surface area contributed by atoms with E-state index < -0.39 is 117 Å². The van der Waals surface area contributed by atoms with Gasteiger partial charge in [-0.3, -0.25) is 38.4 Å². The number of hydrogen-bond donors (Lipinski definition) is 9. The van der Waals surface area contributed by atoms with Gasteiger partial charge >= 0.3 is 0 Å². The van der Waals surface area contributed by atoms with E-state index in [1.165, 1.54) is 20.8 Å². The molecule has 60 heavy (non-hydrogen) atoms. The van der Waals surface area contributed by atoms with Crippen LogP contribution in [0, 0.1) is 21.7 Å². The first kappa shape index (κ1) is 53.7. The molecule has 17 heteroatoms. The Balaban J connectivity index is 3.84. The minimum absolute atomic E-state index is 0.167. The van der Waals surface area contributed by atoms with E-state index in [-0.39, 0.29) is 32.1 Å². The topological polar surface area (TPSA) is 259 Å². The fourth-order valence-corrected chi connectivity index (χ4v) is 6.62. The highest BCUT2D eigenvalue weighted by Gasteiger charge is 2.37. The lowest BCUT2D eigenvalue weighted by molar-refractivity contribution is -0.137. The molecule has 0 aromatic carbocycles. The number of nitrogens with one attached hydrogen (secondary N) is 8. The molecule has 0 aromatic rings. The SMILES string of the molecule is C[C@H]1NC(=O)[C@H](CC(C)(C)C)NC(=O)[C@@H](C)NC(=O)[C@H](CC(C)(C)C)NC(=O)[C@@H](C)NC(=O)[C@H](CC(C)(C)C)NC(=O)[C@H](CCCCN)NC(=O)[C@H](CC(C)(C)C)NC1=O. The lowest BCUT2D eigenvalue weighted by atomic mass is 9.87. The van der Waals surface area contributed by atoms with Crippen LogP contribution >= 0.6 is 0 Å². The van der Waals surface area contributed by atoms with Crippen molar-refractivity contribution in [1.29, 1.82) is 0 Å². The van der Waals surface area contributed by atoms with Gasteiger partial charge in [0.1, 0.15) is 48.3 Å². The van der Waals surface area contributed by atoms with Crippen molar-refractivity contribution >= 4 is 47.3 Å². The summed E-state index contributed by atoms with van der Waals surface area (Å²) < 4.78 is 0.